The summed E-state index contributed by atoms with van der Waals surface area (Å²) < 4.78 is 146. The summed E-state index contributed by atoms with van der Waals surface area (Å²) in [6.07, 6.45) is -17.6. The van der Waals surface area contributed by atoms with Crippen LogP contribution in [0.4, 0.5) is 35.1 Å². The summed E-state index contributed by atoms with van der Waals surface area (Å²) in [5.41, 5.74) is 0. The van der Waals surface area contributed by atoms with Gasteiger partial charge in [0.1, 0.15) is 12.2 Å². The van der Waals surface area contributed by atoms with E-state index in [1.165, 1.54) is 0 Å². The number of hydrogen-bond acceptors (Lipinski definition) is 10. The standard InChI is InChI=1S/C12H12F8O10S2/c13-9(11(15,16)17,31-30-29-23)7(21)27-5-1-3-6(4-2-5)28-8(22)10(14,12(18,19)20)32(24,25)26/h5-6,23H,1-4H2,(H,24,25,26). The molecule has 0 aromatic rings. The summed E-state index contributed by atoms with van der Waals surface area (Å²) in [7, 11) is -6.66. The Hall–Kier alpha value is -1.48. The molecule has 1 aliphatic rings. The number of halogens is 8. The van der Waals surface area contributed by atoms with Gasteiger partial charge in [0.25, 0.3) is 0 Å². The highest BCUT2D eigenvalue weighted by atomic mass is 32.2. The lowest BCUT2D eigenvalue weighted by molar-refractivity contribution is -0.433. The van der Waals surface area contributed by atoms with Crippen LogP contribution < -0.4 is 0 Å². The van der Waals surface area contributed by atoms with Gasteiger partial charge in [-0.05, 0) is 25.7 Å². The van der Waals surface area contributed by atoms with E-state index in [1.807, 2.05) is 0 Å². The van der Waals surface area contributed by atoms with Crippen molar-refractivity contribution in [3.05, 3.63) is 0 Å². The molecule has 0 heterocycles. The third-order valence-electron chi connectivity index (χ3n) is 3.96. The van der Waals surface area contributed by atoms with Gasteiger partial charge in [-0.1, -0.05) is 5.04 Å². The molecule has 0 bridgehead atoms. The topological polar surface area (TPSA) is 146 Å². The summed E-state index contributed by atoms with van der Waals surface area (Å²) in [5, 5.41) is -0.0170. The molecule has 1 rings (SSSR count). The molecule has 2 unspecified atom stereocenters. The van der Waals surface area contributed by atoms with Crippen molar-refractivity contribution >= 4 is 34.1 Å². The fraction of sp³-hybridized carbons (Fsp3) is 0.833. The Morgan fingerprint density at radius 2 is 1.22 bits per heavy atom. The smallest absolute Gasteiger partial charge is 0.451 e. The molecule has 1 fully saturated rings. The predicted molar refractivity (Wildman–Crippen MR) is 82.0 cm³/mol. The first kappa shape index (κ1) is 28.6. The first-order valence-electron chi connectivity index (χ1n) is 7.87. The summed E-state index contributed by atoms with van der Waals surface area (Å²) in [4.78, 5) is 23.1. The zero-order valence-electron chi connectivity index (χ0n) is 15.0. The zero-order chi connectivity index (χ0) is 25.2. The van der Waals surface area contributed by atoms with Gasteiger partial charge in [-0.3, -0.25) is 4.55 Å². The van der Waals surface area contributed by atoms with Crippen molar-refractivity contribution in [2.45, 2.75) is 60.2 Å². The fourth-order valence-electron chi connectivity index (χ4n) is 2.35. The quantitative estimate of drug-likeness (QED) is 0.119. The van der Waals surface area contributed by atoms with E-state index in [1.54, 1.807) is 0 Å². The van der Waals surface area contributed by atoms with E-state index in [-0.39, 0.29) is 0 Å². The minimum absolute atomic E-state index is 0.531. The Labute approximate surface area is 176 Å². The number of ether oxygens (including phenoxy) is 2. The molecule has 0 aromatic carbocycles. The highest BCUT2D eigenvalue weighted by Crippen LogP contribution is 2.45. The number of esters is 2. The van der Waals surface area contributed by atoms with Crippen molar-refractivity contribution in [1.82, 2.24) is 0 Å². The third kappa shape index (κ3) is 5.90. The molecular formula is C12H12F8O10S2. The largest absolute Gasteiger partial charge is 0.459 e. The van der Waals surface area contributed by atoms with Gasteiger partial charge in [-0.2, -0.15) is 34.8 Å². The minimum Gasteiger partial charge on any atom is -0.459 e. The Balaban J connectivity index is 2.80. The lowest BCUT2D eigenvalue weighted by atomic mass is 9.95. The number of alkyl halides is 8. The highest BCUT2D eigenvalue weighted by Gasteiger charge is 2.73. The lowest BCUT2D eigenvalue weighted by Crippen LogP contribution is -2.55. The number of hydrogen-bond donors (Lipinski definition) is 2. The molecule has 1 saturated carbocycles. The second-order valence-electron chi connectivity index (χ2n) is 6.10. The lowest BCUT2D eigenvalue weighted by Gasteiger charge is -2.32. The molecule has 0 aliphatic heterocycles. The summed E-state index contributed by atoms with van der Waals surface area (Å²) in [5.74, 6) is -5.55. The zero-order valence-corrected chi connectivity index (χ0v) is 16.6. The molecule has 2 N–H and O–H groups in total. The van der Waals surface area contributed by atoms with Crippen LogP contribution in [0, 0.1) is 0 Å². The van der Waals surface area contributed by atoms with E-state index in [2.05, 4.69) is 18.8 Å². The Morgan fingerprint density at radius 1 is 0.812 bits per heavy atom. The van der Waals surface area contributed by atoms with Crippen molar-refractivity contribution in [1.29, 1.82) is 0 Å². The molecular weight excluding hydrogens is 520 g/mol. The number of rotatable bonds is 8. The summed E-state index contributed by atoms with van der Waals surface area (Å²) in [6.45, 7) is 0. The second-order valence-corrected chi connectivity index (χ2v) is 8.47. The van der Waals surface area contributed by atoms with Gasteiger partial charge in [-0.25, -0.2) is 23.6 Å². The molecule has 0 spiro atoms. The van der Waals surface area contributed by atoms with Crippen molar-refractivity contribution in [3.8, 4) is 0 Å². The predicted octanol–water partition coefficient (Wildman–Crippen LogP) is 2.80. The van der Waals surface area contributed by atoms with Gasteiger partial charge in [0, 0.05) is 0 Å². The maximum Gasteiger partial charge on any atom is 0.451 e. The van der Waals surface area contributed by atoms with Crippen molar-refractivity contribution < 1.29 is 81.8 Å². The first-order valence-corrected chi connectivity index (χ1v) is 10.1. The maximum absolute atomic E-state index is 14.0. The van der Waals surface area contributed by atoms with Gasteiger partial charge >= 0.3 is 44.4 Å². The van der Waals surface area contributed by atoms with E-state index >= 15 is 0 Å². The number of carbonyl (C=O) groups is 2. The van der Waals surface area contributed by atoms with Crippen LogP contribution in [-0.4, -0.2) is 64.7 Å². The number of carbonyl (C=O) groups excluding carboxylic acids is 2. The SMILES string of the molecule is O=C(OC1CCC(OC(=O)C(F)(C(F)(F)F)S(=O)(=O)O)CC1)C(F)(SOOO)C(F)(F)F. The molecule has 0 saturated heterocycles. The normalized spacial score (nSPS) is 24.2. The molecule has 20 heteroatoms. The van der Waals surface area contributed by atoms with Crippen LogP contribution in [0.25, 0.3) is 0 Å². The average Bonchev–Trinajstić information content (AvgIpc) is 2.63. The van der Waals surface area contributed by atoms with E-state index < -0.39 is 94.3 Å². The van der Waals surface area contributed by atoms with Gasteiger partial charge < -0.3 is 9.47 Å². The molecule has 2 atom stereocenters. The van der Waals surface area contributed by atoms with Gasteiger partial charge in [0.05, 0.1) is 12.0 Å². The van der Waals surface area contributed by atoms with Crippen LogP contribution in [0.3, 0.4) is 0 Å². The van der Waals surface area contributed by atoms with E-state index in [9.17, 15) is 53.1 Å². The van der Waals surface area contributed by atoms with Gasteiger partial charge in [-0.15, -0.1) is 4.33 Å². The highest BCUT2D eigenvalue weighted by molar-refractivity contribution is 7.96. The summed E-state index contributed by atoms with van der Waals surface area (Å²) >= 11 is -1.29. The first-order chi connectivity index (χ1) is 14.3. The van der Waals surface area contributed by atoms with Crippen molar-refractivity contribution in [2.24, 2.45) is 0 Å². The Morgan fingerprint density at radius 3 is 1.53 bits per heavy atom. The fourth-order valence-corrected chi connectivity index (χ4v) is 3.23. The molecule has 0 radical (unpaired) electrons. The van der Waals surface area contributed by atoms with Crippen LogP contribution in [-0.2, 0) is 38.6 Å². The van der Waals surface area contributed by atoms with E-state index in [0.29, 0.717) is 0 Å². The van der Waals surface area contributed by atoms with E-state index in [4.69, 9.17) is 9.81 Å². The van der Waals surface area contributed by atoms with Crippen LogP contribution in [0.2, 0.25) is 0 Å². The van der Waals surface area contributed by atoms with Crippen molar-refractivity contribution in [2.75, 3.05) is 0 Å². The van der Waals surface area contributed by atoms with Crippen LogP contribution >= 0.6 is 12.0 Å². The molecule has 1 aliphatic carbocycles. The minimum atomic E-state index is -6.66. The Kier molecular flexibility index (Phi) is 8.74. The Bertz CT molecular complexity index is 795. The monoisotopic (exact) mass is 532 g/mol. The van der Waals surface area contributed by atoms with Crippen LogP contribution in [0.15, 0.2) is 0 Å². The second kappa shape index (κ2) is 9.79. The van der Waals surface area contributed by atoms with Crippen LogP contribution in [0.1, 0.15) is 25.7 Å². The average molecular weight is 532 g/mol. The van der Waals surface area contributed by atoms with E-state index in [0.717, 1.165) is 0 Å². The summed E-state index contributed by atoms with van der Waals surface area (Å²) in [6, 6.07) is 0. The van der Waals surface area contributed by atoms with Gasteiger partial charge in [0.15, 0.2) is 0 Å². The van der Waals surface area contributed by atoms with Crippen LogP contribution in [0.5, 0.6) is 0 Å². The van der Waals surface area contributed by atoms with Gasteiger partial charge in [0.2, 0.25) is 0 Å². The van der Waals surface area contributed by atoms with Crippen molar-refractivity contribution in [3.63, 3.8) is 0 Å². The molecule has 0 amide bonds. The third-order valence-corrected chi connectivity index (χ3v) is 5.82. The molecule has 188 valence electrons. The molecule has 32 heavy (non-hydrogen) atoms. The molecule has 0 aromatic heterocycles. The molecule has 10 nitrogen and oxygen atoms in total. The maximum atomic E-state index is 14.0.